The largest absolute Gasteiger partial charge is 0.454 e. The molecule has 0 bridgehead atoms. The average Bonchev–Trinajstić information content (AvgIpc) is 3.34. The second-order valence-corrected chi connectivity index (χ2v) is 7.16. The number of para-hydroxylation sites is 2. The van der Waals surface area contributed by atoms with Gasteiger partial charge in [0.15, 0.2) is 10.8 Å². The van der Waals surface area contributed by atoms with Crippen LogP contribution in [0, 0.1) is 18.3 Å². The first-order valence-corrected chi connectivity index (χ1v) is 9.40. The van der Waals surface area contributed by atoms with E-state index in [4.69, 9.17) is 4.42 Å². The fraction of sp³-hybridized carbons (Fsp3) is 0.0455. The summed E-state index contributed by atoms with van der Waals surface area (Å²) in [6.45, 7) is 1.89. The lowest BCUT2D eigenvalue weighted by Crippen LogP contribution is -2.14. The molecule has 0 saturated heterocycles. The van der Waals surface area contributed by atoms with Crippen molar-refractivity contribution in [3.8, 4) is 16.8 Å². The van der Waals surface area contributed by atoms with Crippen LogP contribution in [0.5, 0.6) is 0 Å². The van der Waals surface area contributed by atoms with E-state index in [1.807, 2.05) is 55.5 Å². The predicted octanol–water partition coefficient (Wildman–Crippen LogP) is 5.41. The summed E-state index contributed by atoms with van der Waals surface area (Å²) in [6, 6.07) is 20.7. The van der Waals surface area contributed by atoms with E-state index in [2.05, 4.69) is 10.3 Å². The molecule has 6 heteroatoms. The second kappa shape index (κ2) is 7.51. The number of aryl methyl sites for hydroxylation is 1. The van der Waals surface area contributed by atoms with Crippen molar-refractivity contribution in [3.63, 3.8) is 0 Å². The number of benzene rings is 2. The molecule has 28 heavy (non-hydrogen) atoms. The van der Waals surface area contributed by atoms with Crippen LogP contribution in [0.15, 0.2) is 70.7 Å². The summed E-state index contributed by atoms with van der Waals surface area (Å²) >= 11 is 1.53. The number of anilines is 1. The lowest BCUT2D eigenvalue weighted by atomic mass is 10.2. The van der Waals surface area contributed by atoms with Crippen molar-refractivity contribution in [1.29, 1.82) is 5.26 Å². The third-order valence-corrected chi connectivity index (χ3v) is 5.23. The molecule has 0 aliphatic heterocycles. The summed E-state index contributed by atoms with van der Waals surface area (Å²) in [5.41, 5.74) is 2.47. The van der Waals surface area contributed by atoms with Gasteiger partial charge >= 0.3 is 0 Å². The van der Waals surface area contributed by atoms with Crippen molar-refractivity contribution in [2.24, 2.45) is 0 Å². The smallest absolute Gasteiger partial charge is 0.266 e. The highest BCUT2D eigenvalue weighted by atomic mass is 32.1. The van der Waals surface area contributed by atoms with Crippen molar-refractivity contribution in [3.05, 3.63) is 77.6 Å². The maximum atomic E-state index is 12.4. The number of fused-ring (bicyclic) bond motifs is 1. The second-order valence-electron chi connectivity index (χ2n) is 6.13. The maximum absolute atomic E-state index is 12.4. The van der Waals surface area contributed by atoms with Crippen LogP contribution in [0.4, 0.5) is 5.69 Å². The van der Waals surface area contributed by atoms with Crippen LogP contribution < -0.4 is 5.32 Å². The fourth-order valence-electron chi connectivity index (χ4n) is 2.72. The standard InChI is InChI=1S/C22H15N3O2S/c1-14-6-2-3-7-17(14)24-21(26)15(13-23)12-16-10-11-19(27-16)22-25-18-8-4-5-9-20(18)28-22/h2-12H,1H3,(H,24,26)/b15-12+. The van der Waals surface area contributed by atoms with Gasteiger partial charge < -0.3 is 9.73 Å². The van der Waals surface area contributed by atoms with Gasteiger partial charge in [0.05, 0.1) is 10.2 Å². The molecule has 0 saturated carbocycles. The summed E-state index contributed by atoms with van der Waals surface area (Å²) in [5.74, 6) is 0.546. The van der Waals surface area contributed by atoms with E-state index in [9.17, 15) is 10.1 Å². The SMILES string of the molecule is Cc1ccccc1NC(=O)/C(C#N)=C/c1ccc(-c2nc3ccccc3s2)o1. The Morgan fingerprint density at radius 1 is 1.14 bits per heavy atom. The number of nitriles is 1. The Morgan fingerprint density at radius 3 is 2.71 bits per heavy atom. The number of amides is 1. The van der Waals surface area contributed by atoms with Gasteiger partial charge in [0.1, 0.15) is 17.4 Å². The highest BCUT2D eigenvalue weighted by molar-refractivity contribution is 7.21. The van der Waals surface area contributed by atoms with E-state index in [-0.39, 0.29) is 5.57 Å². The number of rotatable bonds is 4. The third-order valence-electron chi connectivity index (χ3n) is 4.18. The molecule has 1 N–H and O–H groups in total. The third kappa shape index (κ3) is 3.56. The number of carbonyl (C=O) groups excluding carboxylic acids is 1. The van der Waals surface area contributed by atoms with E-state index in [1.54, 1.807) is 18.2 Å². The Hall–Kier alpha value is -3.69. The van der Waals surface area contributed by atoms with Gasteiger partial charge in [0.2, 0.25) is 0 Å². The Balaban J connectivity index is 1.58. The highest BCUT2D eigenvalue weighted by Gasteiger charge is 2.14. The van der Waals surface area contributed by atoms with E-state index in [1.165, 1.54) is 17.4 Å². The molecule has 4 rings (SSSR count). The lowest BCUT2D eigenvalue weighted by Gasteiger charge is -2.06. The van der Waals surface area contributed by atoms with Crippen molar-refractivity contribution < 1.29 is 9.21 Å². The summed E-state index contributed by atoms with van der Waals surface area (Å²) < 4.78 is 6.87. The molecule has 0 atom stereocenters. The van der Waals surface area contributed by atoms with Gasteiger partial charge in [-0.3, -0.25) is 4.79 Å². The van der Waals surface area contributed by atoms with Crippen LogP contribution in [0.3, 0.4) is 0 Å². The van der Waals surface area contributed by atoms with Crippen LogP contribution in [0.2, 0.25) is 0 Å². The van der Waals surface area contributed by atoms with Gasteiger partial charge in [-0.25, -0.2) is 4.98 Å². The van der Waals surface area contributed by atoms with Crippen molar-refractivity contribution >= 4 is 39.2 Å². The molecule has 4 aromatic rings. The molecule has 5 nitrogen and oxygen atoms in total. The predicted molar refractivity (Wildman–Crippen MR) is 111 cm³/mol. The summed E-state index contributed by atoms with van der Waals surface area (Å²) in [6.07, 6.45) is 1.43. The van der Waals surface area contributed by atoms with Crippen LogP contribution in [-0.2, 0) is 4.79 Å². The van der Waals surface area contributed by atoms with Crippen molar-refractivity contribution in [1.82, 2.24) is 4.98 Å². The fourth-order valence-corrected chi connectivity index (χ4v) is 3.64. The minimum absolute atomic E-state index is 0.0338. The van der Waals surface area contributed by atoms with Gasteiger partial charge in [-0.15, -0.1) is 11.3 Å². The first-order valence-electron chi connectivity index (χ1n) is 8.58. The molecule has 0 radical (unpaired) electrons. The minimum atomic E-state index is -0.477. The zero-order chi connectivity index (χ0) is 19.5. The summed E-state index contributed by atoms with van der Waals surface area (Å²) in [5, 5.41) is 12.9. The number of nitrogens with one attached hydrogen (secondary N) is 1. The number of carbonyl (C=O) groups is 1. The Kier molecular flexibility index (Phi) is 4.75. The van der Waals surface area contributed by atoms with Gasteiger partial charge in [0, 0.05) is 11.8 Å². The van der Waals surface area contributed by atoms with E-state index in [0.29, 0.717) is 17.2 Å². The number of aromatic nitrogens is 1. The first kappa shape index (κ1) is 17.7. The Bertz CT molecular complexity index is 1210. The zero-order valence-corrected chi connectivity index (χ0v) is 15.8. The lowest BCUT2D eigenvalue weighted by molar-refractivity contribution is -0.112. The zero-order valence-electron chi connectivity index (χ0n) is 15.0. The Labute approximate surface area is 165 Å². The van der Waals surface area contributed by atoms with Crippen LogP contribution >= 0.6 is 11.3 Å². The molecule has 0 spiro atoms. The maximum Gasteiger partial charge on any atom is 0.266 e. The minimum Gasteiger partial charge on any atom is -0.454 e. The average molecular weight is 385 g/mol. The normalized spacial score (nSPS) is 11.4. The molecule has 1 amide bonds. The van der Waals surface area contributed by atoms with Gasteiger partial charge in [-0.2, -0.15) is 5.26 Å². The number of nitrogens with zero attached hydrogens (tertiary/aromatic N) is 2. The molecule has 0 aliphatic rings. The number of hydrogen-bond acceptors (Lipinski definition) is 5. The molecule has 0 unspecified atom stereocenters. The van der Waals surface area contributed by atoms with E-state index in [0.717, 1.165) is 20.8 Å². The van der Waals surface area contributed by atoms with E-state index >= 15 is 0 Å². The molecule has 2 heterocycles. The molecule has 2 aromatic carbocycles. The number of furan rings is 1. The molecule has 0 aliphatic carbocycles. The quantitative estimate of drug-likeness (QED) is 0.376. The number of thiazole rings is 1. The molecular formula is C22H15N3O2S. The monoisotopic (exact) mass is 385 g/mol. The topological polar surface area (TPSA) is 78.9 Å². The van der Waals surface area contributed by atoms with Crippen molar-refractivity contribution in [2.75, 3.05) is 5.32 Å². The van der Waals surface area contributed by atoms with E-state index < -0.39 is 5.91 Å². The van der Waals surface area contributed by atoms with Crippen LogP contribution in [0.1, 0.15) is 11.3 Å². The first-order chi connectivity index (χ1) is 13.6. The van der Waals surface area contributed by atoms with Crippen LogP contribution in [-0.4, -0.2) is 10.9 Å². The van der Waals surface area contributed by atoms with Gasteiger partial charge in [0.25, 0.3) is 5.91 Å². The molecule has 0 fully saturated rings. The molecule has 2 aromatic heterocycles. The van der Waals surface area contributed by atoms with Gasteiger partial charge in [-0.1, -0.05) is 30.3 Å². The number of hydrogen-bond donors (Lipinski definition) is 1. The van der Waals surface area contributed by atoms with Crippen molar-refractivity contribution in [2.45, 2.75) is 6.92 Å². The van der Waals surface area contributed by atoms with Gasteiger partial charge in [-0.05, 0) is 42.8 Å². The Morgan fingerprint density at radius 2 is 1.93 bits per heavy atom. The summed E-state index contributed by atoms with van der Waals surface area (Å²) in [4.78, 5) is 17.0. The molecular weight excluding hydrogens is 370 g/mol. The molecule has 136 valence electrons. The summed E-state index contributed by atoms with van der Waals surface area (Å²) in [7, 11) is 0. The highest BCUT2D eigenvalue weighted by Crippen LogP contribution is 2.31. The van der Waals surface area contributed by atoms with Crippen LogP contribution in [0.25, 0.3) is 27.1 Å².